The molecule has 1 amide bonds. The lowest BCUT2D eigenvalue weighted by Crippen LogP contribution is -2.55. The number of amides is 1. The van der Waals surface area contributed by atoms with Gasteiger partial charge in [-0.15, -0.1) is 0 Å². The van der Waals surface area contributed by atoms with Gasteiger partial charge in [0.1, 0.15) is 0 Å². The van der Waals surface area contributed by atoms with Gasteiger partial charge in [0.25, 0.3) is 0 Å². The Labute approximate surface area is 146 Å². The van der Waals surface area contributed by atoms with E-state index in [4.69, 9.17) is 0 Å². The zero-order chi connectivity index (χ0) is 17.2. The Kier molecular flexibility index (Phi) is 4.06. The molecule has 2 aromatic carbocycles. The van der Waals surface area contributed by atoms with Crippen molar-refractivity contribution < 1.29 is 9.90 Å². The molecule has 0 bridgehead atoms. The number of nitrogens with one attached hydrogen (secondary N) is 1. The maximum Gasteiger partial charge on any atom is 0.407 e. The van der Waals surface area contributed by atoms with Crippen LogP contribution in [0.4, 0.5) is 10.5 Å². The number of carboxylic acid groups (broad SMARTS) is 1. The molecular weight excluding hydrogens is 314 g/mol. The third-order valence-electron chi connectivity index (χ3n) is 4.94. The molecule has 5 nitrogen and oxygen atoms in total. The molecule has 0 spiro atoms. The topological polar surface area (TPSA) is 59.6 Å². The normalized spacial score (nSPS) is 17.8. The molecule has 1 atom stereocenters. The highest BCUT2D eigenvalue weighted by atomic mass is 16.4. The Hall–Kier alpha value is -2.95. The van der Waals surface area contributed by atoms with Gasteiger partial charge in [-0.25, -0.2) is 4.79 Å². The molecule has 4 rings (SSSR count). The van der Waals surface area contributed by atoms with E-state index in [-0.39, 0.29) is 6.04 Å². The number of nitrogens with zero attached hydrogens (tertiary/aromatic N) is 2. The van der Waals surface area contributed by atoms with Crippen molar-refractivity contribution in [3.05, 3.63) is 66.4 Å². The third kappa shape index (κ3) is 3.18. The minimum Gasteiger partial charge on any atom is -0.465 e. The number of benzene rings is 2. The highest BCUT2D eigenvalue weighted by Crippen LogP contribution is 2.26. The van der Waals surface area contributed by atoms with Crippen molar-refractivity contribution in [1.29, 1.82) is 0 Å². The second-order valence-electron chi connectivity index (χ2n) is 6.51. The Morgan fingerprint density at radius 2 is 1.96 bits per heavy atom. The SMILES string of the molecule is O=C(O)N1CCN(c2ccc3[nH]ccc3c2)C(Cc2ccccc2)C1. The summed E-state index contributed by atoms with van der Waals surface area (Å²) in [6.45, 7) is 1.76. The molecule has 1 unspecified atom stereocenters. The van der Waals surface area contributed by atoms with Gasteiger partial charge in [-0.3, -0.25) is 0 Å². The van der Waals surface area contributed by atoms with E-state index in [2.05, 4.69) is 46.3 Å². The van der Waals surface area contributed by atoms with E-state index in [0.29, 0.717) is 19.6 Å². The zero-order valence-electron chi connectivity index (χ0n) is 13.9. The van der Waals surface area contributed by atoms with Gasteiger partial charge >= 0.3 is 6.09 Å². The number of hydrogen-bond acceptors (Lipinski definition) is 2. The van der Waals surface area contributed by atoms with Crippen molar-refractivity contribution in [2.24, 2.45) is 0 Å². The molecular formula is C20H21N3O2. The van der Waals surface area contributed by atoms with Crippen LogP contribution in [0.25, 0.3) is 10.9 Å². The van der Waals surface area contributed by atoms with Crippen LogP contribution in [0.5, 0.6) is 0 Å². The van der Waals surface area contributed by atoms with Crippen LogP contribution in [-0.4, -0.2) is 46.8 Å². The van der Waals surface area contributed by atoms with E-state index >= 15 is 0 Å². The first-order chi connectivity index (χ1) is 12.2. The smallest absolute Gasteiger partial charge is 0.407 e. The molecule has 1 saturated heterocycles. The van der Waals surface area contributed by atoms with Crippen molar-refractivity contribution in [1.82, 2.24) is 9.88 Å². The van der Waals surface area contributed by atoms with Crippen LogP contribution in [0.15, 0.2) is 60.8 Å². The number of H-pyrrole nitrogens is 1. The number of rotatable bonds is 3. The van der Waals surface area contributed by atoms with E-state index in [0.717, 1.165) is 17.6 Å². The fourth-order valence-corrected chi connectivity index (χ4v) is 3.65. The number of aromatic amines is 1. The van der Waals surface area contributed by atoms with Gasteiger partial charge in [-0.2, -0.15) is 0 Å². The molecule has 1 aliphatic heterocycles. The maximum absolute atomic E-state index is 11.4. The lowest BCUT2D eigenvalue weighted by Gasteiger charge is -2.42. The van der Waals surface area contributed by atoms with Crippen LogP contribution in [0.1, 0.15) is 5.56 Å². The second-order valence-corrected chi connectivity index (χ2v) is 6.51. The molecule has 2 heterocycles. The van der Waals surface area contributed by atoms with Crippen molar-refractivity contribution in [2.45, 2.75) is 12.5 Å². The predicted octanol–water partition coefficient (Wildman–Crippen LogP) is 3.58. The quantitative estimate of drug-likeness (QED) is 0.769. The molecule has 1 aliphatic rings. The predicted molar refractivity (Wildman–Crippen MR) is 99.2 cm³/mol. The molecule has 5 heteroatoms. The fourth-order valence-electron chi connectivity index (χ4n) is 3.65. The molecule has 3 aromatic rings. The van der Waals surface area contributed by atoms with Crippen molar-refractivity contribution in [3.8, 4) is 0 Å². The first kappa shape index (κ1) is 15.6. The molecule has 1 fully saturated rings. The van der Waals surface area contributed by atoms with Gasteiger partial charge in [0.2, 0.25) is 0 Å². The van der Waals surface area contributed by atoms with Crippen LogP contribution >= 0.6 is 0 Å². The van der Waals surface area contributed by atoms with E-state index in [9.17, 15) is 9.90 Å². The number of hydrogen-bond donors (Lipinski definition) is 2. The van der Waals surface area contributed by atoms with Gasteiger partial charge in [-0.05, 0) is 36.2 Å². The summed E-state index contributed by atoms with van der Waals surface area (Å²) < 4.78 is 0. The van der Waals surface area contributed by atoms with Gasteiger partial charge in [-0.1, -0.05) is 30.3 Å². The molecule has 1 aromatic heterocycles. The molecule has 2 N–H and O–H groups in total. The van der Waals surface area contributed by atoms with E-state index < -0.39 is 6.09 Å². The van der Waals surface area contributed by atoms with E-state index in [1.54, 1.807) is 0 Å². The summed E-state index contributed by atoms with van der Waals surface area (Å²) in [5.41, 5.74) is 3.50. The number of fused-ring (bicyclic) bond motifs is 1. The Bertz CT molecular complexity index is 875. The van der Waals surface area contributed by atoms with Crippen LogP contribution in [0, 0.1) is 0 Å². The Morgan fingerprint density at radius 1 is 1.12 bits per heavy atom. The minimum atomic E-state index is -0.834. The average molecular weight is 335 g/mol. The van der Waals surface area contributed by atoms with Crippen molar-refractivity contribution >= 4 is 22.7 Å². The van der Waals surface area contributed by atoms with Crippen LogP contribution < -0.4 is 4.90 Å². The maximum atomic E-state index is 11.4. The lowest BCUT2D eigenvalue weighted by molar-refractivity contribution is 0.134. The summed E-state index contributed by atoms with van der Waals surface area (Å²) >= 11 is 0. The Balaban J connectivity index is 1.64. The molecule has 0 radical (unpaired) electrons. The summed E-state index contributed by atoms with van der Waals surface area (Å²) in [7, 11) is 0. The summed E-state index contributed by atoms with van der Waals surface area (Å²) in [5.74, 6) is 0. The number of anilines is 1. The fraction of sp³-hybridized carbons (Fsp3) is 0.250. The van der Waals surface area contributed by atoms with Gasteiger partial charge in [0, 0.05) is 42.4 Å². The Morgan fingerprint density at radius 3 is 2.76 bits per heavy atom. The molecule has 25 heavy (non-hydrogen) atoms. The van der Waals surface area contributed by atoms with Gasteiger partial charge in [0.05, 0.1) is 6.04 Å². The first-order valence-corrected chi connectivity index (χ1v) is 8.56. The van der Waals surface area contributed by atoms with Crippen LogP contribution in [0.2, 0.25) is 0 Å². The zero-order valence-corrected chi connectivity index (χ0v) is 13.9. The minimum absolute atomic E-state index is 0.128. The largest absolute Gasteiger partial charge is 0.465 e. The average Bonchev–Trinajstić information content (AvgIpc) is 3.10. The second kappa shape index (κ2) is 6.51. The highest BCUT2D eigenvalue weighted by Gasteiger charge is 2.29. The molecule has 0 saturated carbocycles. The standard InChI is InChI=1S/C20H21N3O2/c24-20(25)22-10-11-23(17-6-7-19-16(13-17)8-9-21-19)18(14-22)12-15-4-2-1-3-5-15/h1-9,13,18,21H,10-12,14H2,(H,24,25). The van der Waals surface area contributed by atoms with E-state index in [1.807, 2.05) is 24.4 Å². The highest BCUT2D eigenvalue weighted by molar-refractivity contribution is 5.83. The monoisotopic (exact) mass is 335 g/mol. The summed E-state index contributed by atoms with van der Waals surface area (Å²) in [4.78, 5) is 18.5. The van der Waals surface area contributed by atoms with Crippen molar-refractivity contribution in [2.75, 3.05) is 24.5 Å². The summed E-state index contributed by atoms with van der Waals surface area (Å²) in [6.07, 6.45) is 1.94. The number of carbonyl (C=O) groups is 1. The van der Waals surface area contributed by atoms with E-state index in [1.165, 1.54) is 15.8 Å². The lowest BCUT2D eigenvalue weighted by atomic mass is 10.0. The number of aromatic nitrogens is 1. The molecule has 128 valence electrons. The third-order valence-corrected chi connectivity index (χ3v) is 4.94. The first-order valence-electron chi connectivity index (χ1n) is 8.56. The molecule has 0 aliphatic carbocycles. The van der Waals surface area contributed by atoms with Gasteiger partial charge < -0.3 is 19.9 Å². The van der Waals surface area contributed by atoms with Crippen LogP contribution in [-0.2, 0) is 6.42 Å². The summed E-state index contributed by atoms with van der Waals surface area (Å²) in [5, 5.41) is 10.6. The van der Waals surface area contributed by atoms with Gasteiger partial charge in [0.15, 0.2) is 0 Å². The number of piperazine rings is 1. The van der Waals surface area contributed by atoms with Crippen LogP contribution in [0.3, 0.4) is 0 Å². The van der Waals surface area contributed by atoms with Crippen molar-refractivity contribution in [3.63, 3.8) is 0 Å². The summed E-state index contributed by atoms with van der Waals surface area (Å²) in [6, 6.07) is 18.9.